The summed E-state index contributed by atoms with van der Waals surface area (Å²) in [7, 11) is 0. The van der Waals surface area contributed by atoms with Crippen molar-refractivity contribution in [3.8, 4) is 11.6 Å². The molecule has 3 aromatic rings. The Bertz CT molecular complexity index is 1280. The van der Waals surface area contributed by atoms with Crippen LogP contribution in [-0.4, -0.2) is 76.1 Å². The lowest BCUT2D eigenvalue weighted by molar-refractivity contribution is -0.274. The molecule has 2 aliphatic heterocycles. The van der Waals surface area contributed by atoms with Crippen LogP contribution in [-0.2, 0) is 4.74 Å². The van der Waals surface area contributed by atoms with Crippen molar-refractivity contribution < 1.29 is 36.2 Å². The quantitative estimate of drug-likeness (QED) is 0.460. The Kier molecular flexibility index (Phi) is 7.19. The minimum absolute atomic E-state index is 0.112. The largest absolute Gasteiger partial charge is 0.573 e. The molecule has 2 fully saturated rings. The summed E-state index contributed by atoms with van der Waals surface area (Å²) in [5.74, 6) is -2.55. The molecule has 2 aromatic heterocycles. The van der Waals surface area contributed by atoms with Crippen LogP contribution < -0.4 is 4.74 Å². The molecule has 202 valence electrons. The fourth-order valence-electron chi connectivity index (χ4n) is 4.87. The molecule has 0 saturated carbocycles. The fourth-order valence-corrected chi connectivity index (χ4v) is 4.87. The molecule has 0 radical (unpaired) electrons. The van der Waals surface area contributed by atoms with Gasteiger partial charge in [-0.2, -0.15) is 0 Å². The highest BCUT2D eigenvalue weighted by atomic mass is 19.4. The van der Waals surface area contributed by atoms with Crippen LogP contribution >= 0.6 is 0 Å². The van der Waals surface area contributed by atoms with Gasteiger partial charge in [-0.1, -0.05) is 12.1 Å². The molecule has 2 amide bonds. The van der Waals surface area contributed by atoms with Crippen molar-refractivity contribution in [2.24, 2.45) is 0 Å². The first kappa shape index (κ1) is 25.9. The maximum absolute atomic E-state index is 14.3. The summed E-state index contributed by atoms with van der Waals surface area (Å²) >= 11 is 0. The first-order valence-corrected chi connectivity index (χ1v) is 12.0. The number of rotatable bonds is 4. The predicted octanol–water partition coefficient (Wildman–Crippen LogP) is 4.47. The molecule has 2 atom stereocenters. The van der Waals surface area contributed by atoms with E-state index >= 15 is 0 Å². The number of alkyl halides is 3. The number of halogens is 5. The van der Waals surface area contributed by atoms with E-state index in [1.807, 2.05) is 0 Å². The minimum atomic E-state index is -4.80. The maximum Gasteiger partial charge on any atom is 0.573 e. The van der Waals surface area contributed by atoms with Gasteiger partial charge in [-0.25, -0.2) is 23.5 Å². The van der Waals surface area contributed by atoms with Gasteiger partial charge in [0.2, 0.25) is 0 Å². The van der Waals surface area contributed by atoms with E-state index in [4.69, 9.17) is 4.74 Å². The van der Waals surface area contributed by atoms with Gasteiger partial charge in [-0.15, -0.1) is 13.2 Å². The van der Waals surface area contributed by atoms with Crippen molar-refractivity contribution in [3.63, 3.8) is 0 Å². The van der Waals surface area contributed by atoms with Gasteiger partial charge in [0, 0.05) is 50.3 Å². The summed E-state index contributed by atoms with van der Waals surface area (Å²) < 4.78 is 76.0. The van der Waals surface area contributed by atoms with Crippen LogP contribution in [0.1, 0.15) is 29.5 Å². The molecule has 2 unspecified atom stereocenters. The number of aromatic nitrogens is 3. The average Bonchev–Trinajstić information content (AvgIpc) is 3.38. The Labute approximate surface area is 214 Å². The molecular weight excluding hydrogens is 513 g/mol. The number of morpholine rings is 1. The Morgan fingerprint density at radius 1 is 1.00 bits per heavy atom. The number of ether oxygens (including phenoxy) is 2. The molecule has 4 heterocycles. The number of hydrogen-bond donors (Lipinski definition) is 0. The zero-order valence-electron chi connectivity index (χ0n) is 20.1. The van der Waals surface area contributed by atoms with Gasteiger partial charge in [0.1, 0.15) is 17.9 Å². The predicted molar refractivity (Wildman–Crippen MR) is 124 cm³/mol. The Morgan fingerprint density at radius 3 is 2.39 bits per heavy atom. The van der Waals surface area contributed by atoms with Crippen LogP contribution in [0, 0.1) is 11.6 Å². The van der Waals surface area contributed by atoms with Crippen LogP contribution in [0.5, 0.6) is 5.75 Å². The van der Waals surface area contributed by atoms with Crippen molar-refractivity contribution in [3.05, 3.63) is 71.9 Å². The number of urea groups is 1. The number of piperidine rings is 1. The molecule has 13 heteroatoms. The third-order valence-corrected chi connectivity index (χ3v) is 6.64. The number of benzene rings is 1. The highest BCUT2D eigenvalue weighted by molar-refractivity contribution is 5.75. The van der Waals surface area contributed by atoms with E-state index < -0.39 is 18.0 Å². The van der Waals surface area contributed by atoms with Gasteiger partial charge >= 0.3 is 12.4 Å². The van der Waals surface area contributed by atoms with Crippen LogP contribution in [0.15, 0.2) is 49.1 Å². The highest BCUT2D eigenvalue weighted by Gasteiger charge is 2.36. The Hall–Kier alpha value is -3.74. The second-order valence-electron chi connectivity index (χ2n) is 9.20. The number of carbonyl (C=O) groups is 1. The standard InChI is InChI=1S/C25H24F5N5O3/c26-19-10-21(27)23(31-11-19)35-14-22(32-15-35)18-9-17(16-1-3-20(4-2-16)38-25(28,29)30)12-34(13-18)24(36)33-5-7-37-8-6-33/h1-4,10-11,14-15,17-18H,5-9,12-13H2. The van der Waals surface area contributed by atoms with E-state index in [1.54, 1.807) is 28.1 Å². The third-order valence-electron chi connectivity index (χ3n) is 6.64. The van der Waals surface area contributed by atoms with E-state index in [0.29, 0.717) is 51.5 Å². The van der Waals surface area contributed by atoms with Crippen LogP contribution in [0.2, 0.25) is 0 Å². The van der Waals surface area contributed by atoms with Crippen LogP contribution in [0.25, 0.3) is 5.82 Å². The Morgan fingerprint density at radius 2 is 1.71 bits per heavy atom. The van der Waals surface area contributed by atoms with E-state index in [-0.39, 0.29) is 29.4 Å². The van der Waals surface area contributed by atoms with Crippen LogP contribution in [0.4, 0.5) is 26.7 Å². The monoisotopic (exact) mass is 537 g/mol. The van der Waals surface area contributed by atoms with Crippen molar-refractivity contribution in [1.82, 2.24) is 24.3 Å². The number of hydrogen-bond acceptors (Lipinski definition) is 5. The van der Waals surface area contributed by atoms with Gasteiger partial charge in [0.15, 0.2) is 11.6 Å². The molecule has 0 N–H and O–H groups in total. The van der Waals surface area contributed by atoms with Gasteiger partial charge in [0.05, 0.1) is 25.1 Å². The van der Waals surface area contributed by atoms with Gasteiger partial charge < -0.3 is 19.3 Å². The number of nitrogens with zero attached hydrogens (tertiary/aromatic N) is 5. The van der Waals surface area contributed by atoms with Gasteiger partial charge in [0.25, 0.3) is 0 Å². The summed E-state index contributed by atoms with van der Waals surface area (Å²) in [6.07, 6.45) is -0.378. The molecule has 1 aromatic carbocycles. The molecule has 2 saturated heterocycles. The lowest BCUT2D eigenvalue weighted by Crippen LogP contribution is -2.52. The zero-order valence-corrected chi connectivity index (χ0v) is 20.1. The zero-order chi connectivity index (χ0) is 26.9. The third kappa shape index (κ3) is 5.87. The number of likely N-dealkylation sites (tertiary alicyclic amines) is 1. The second-order valence-corrected chi connectivity index (χ2v) is 9.20. The number of imidazole rings is 1. The average molecular weight is 537 g/mol. The first-order chi connectivity index (χ1) is 18.2. The SMILES string of the molecule is O=C(N1CCOCC1)N1CC(c2ccc(OC(F)(F)F)cc2)CC(c2cn(-c3ncc(F)cc3F)cn2)C1. The molecule has 0 spiro atoms. The molecule has 0 aliphatic carbocycles. The molecule has 0 bridgehead atoms. The second kappa shape index (κ2) is 10.6. The summed E-state index contributed by atoms with van der Waals surface area (Å²) in [4.78, 5) is 25.0. The normalized spacial score (nSPS) is 20.4. The number of carbonyl (C=O) groups excluding carboxylic acids is 1. The van der Waals surface area contributed by atoms with Gasteiger partial charge in [-0.05, 0) is 24.1 Å². The van der Waals surface area contributed by atoms with Crippen molar-refractivity contribution in [1.29, 1.82) is 0 Å². The summed E-state index contributed by atoms with van der Waals surface area (Å²) in [6, 6.07) is 6.18. The lowest BCUT2D eigenvalue weighted by atomic mass is 9.83. The minimum Gasteiger partial charge on any atom is -0.406 e. The summed E-state index contributed by atoms with van der Waals surface area (Å²) in [6.45, 7) is 2.50. The molecule has 38 heavy (non-hydrogen) atoms. The fraction of sp³-hybridized carbons (Fsp3) is 0.400. The molecule has 2 aliphatic rings. The van der Waals surface area contributed by atoms with E-state index in [2.05, 4.69) is 14.7 Å². The number of amides is 2. The molecule has 5 rings (SSSR count). The molecule has 8 nitrogen and oxygen atoms in total. The van der Waals surface area contributed by atoms with E-state index in [0.717, 1.165) is 17.8 Å². The topological polar surface area (TPSA) is 72.7 Å². The summed E-state index contributed by atoms with van der Waals surface area (Å²) in [5.41, 5.74) is 1.33. The smallest absolute Gasteiger partial charge is 0.406 e. The highest BCUT2D eigenvalue weighted by Crippen LogP contribution is 2.37. The van der Waals surface area contributed by atoms with Crippen molar-refractivity contribution >= 4 is 6.03 Å². The maximum atomic E-state index is 14.3. The van der Waals surface area contributed by atoms with Gasteiger partial charge in [-0.3, -0.25) is 4.57 Å². The first-order valence-electron chi connectivity index (χ1n) is 12.0. The van der Waals surface area contributed by atoms with E-state index in [1.165, 1.54) is 23.0 Å². The van der Waals surface area contributed by atoms with Crippen molar-refractivity contribution in [2.45, 2.75) is 24.6 Å². The molecular formula is C25H24F5N5O3. The Balaban J connectivity index is 1.41. The van der Waals surface area contributed by atoms with E-state index in [9.17, 15) is 26.7 Å². The number of pyridine rings is 1. The van der Waals surface area contributed by atoms with Crippen LogP contribution in [0.3, 0.4) is 0 Å². The van der Waals surface area contributed by atoms with Crippen molar-refractivity contribution in [2.75, 3.05) is 39.4 Å². The lowest BCUT2D eigenvalue weighted by Gasteiger charge is -2.40. The summed E-state index contributed by atoms with van der Waals surface area (Å²) in [5, 5.41) is 0.